The Morgan fingerprint density at radius 3 is 1.40 bits per heavy atom. The van der Waals surface area contributed by atoms with Gasteiger partial charge in [0.15, 0.2) is 0 Å². The number of rotatable bonds is 8. The molecule has 0 aliphatic carbocycles. The summed E-state index contributed by atoms with van der Waals surface area (Å²) in [5.74, 6) is 0.693. The Hall–Kier alpha value is -1.96. The number of hydrogen-bond acceptors (Lipinski definition) is 2. The van der Waals surface area contributed by atoms with Crippen LogP contribution in [0.25, 0.3) is 0 Å². The molecule has 0 saturated carbocycles. The van der Waals surface area contributed by atoms with Gasteiger partial charge in [0.1, 0.15) is 11.5 Å². The minimum atomic E-state index is 0.346. The molecular formula is C23H32O2. The summed E-state index contributed by atoms with van der Waals surface area (Å²) in [4.78, 5) is 0. The van der Waals surface area contributed by atoms with Crippen LogP contribution in [0, 0.1) is 13.8 Å². The smallest absolute Gasteiger partial charge is 0.119 e. The third-order valence-electron chi connectivity index (χ3n) is 5.20. The standard InChI is InChI=1S/C23H32O2/c1-5-7-9-18-16(3)11-13-22(24)20(18)15-21-19(10-8-6-2)17(4)12-14-23(21)25/h11-14,24-25H,5-10,15H2,1-4H3. The first-order valence-corrected chi connectivity index (χ1v) is 9.60. The van der Waals surface area contributed by atoms with Gasteiger partial charge in [-0.05, 0) is 73.9 Å². The minimum absolute atomic E-state index is 0.346. The number of hydrogen-bond donors (Lipinski definition) is 2. The summed E-state index contributed by atoms with van der Waals surface area (Å²) in [5.41, 5.74) is 6.89. The maximum absolute atomic E-state index is 10.5. The van der Waals surface area contributed by atoms with E-state index in [1.54, 1.807) is 12.1 Å². The fourth-order valence-corrected chi connectivity index (χ4v) is 3.57. The van der Waals surface area contributed by atoms with Gasteiger partial charge < -0.3 is 10.2 Å². The Labute approximate surface area is 152 Å². The summed E-state index contributed by atoms with van der Waals surface area (Å²) in [6.45, 7) is 8.60. The van der Waals surface area contributed by atoms with Crippen LogP contribution >= 0.6 is 0 Å². The fraction of sp³-hybridized carbons (Fsp3) is 0.478. The largest absolute Gasteiger partial charge is 0.508 e. The first kappa shape index (κ1) is 19.4. The van der Waals surface area contributed by atoms with Crippen molar-refractivity contribution in [3.63, 3.8) is 0 Å². The SMILES string of the molecule is CCCCc1c(C)ccc(O)c1Cc1c(O)ccc(C)c1CCCC. The number of phenols is 2. The highest BCUT2D eigenvalue weighted by Gasteiger charge is 2.17. The fourth-order valence-electron chi connectivity index (χ4n) is 3.57. The van der Waals surface area contributed by atoms with Gasteiger partial charge in [0.05, 0.1) is 0 Å². The van der Waals surface area contributed by atoms with Crippen LogP contribution in [0.5, 0.6) is 11.5 Å². The highest BCUT2D eigenvalue weighted by atomic mass is 16.3. The van der Waals surface area contributed by atoms with Gasteiger partial charge in [-0.15, -0.1) is 0 Å². The maximum Gasteiger partial charge on any atom is 0.119 e. The predicted molar refractivity (Wildman–Crippen MR) is 106 cm³/mol. The van der Waals surface area contributed by atoms with Gasteiger partial charge in [0.2, 0.25) is 0 Å². The van der Waals surface area contributed by atoms with Crippen molar-refractivity contribution < 1.29 is 10.2 Å². The van der Waals surface area contributed by atoms with E-state index in [2.05, 4.69) is 27.7 Å². The van der Waals surface area contributed by atoms with Crippen LogP contribution in [-0.2, 0) is 19.3 Å². The van der Waals surface area contributed by atoms with E-state index in [0.29, 0.717) is 17.9 Å². The van der Waals surface area contributed by atoms with Crippen LogP contribution < -0.4 is 0 Å². The lowest BCUT2D eigenvalue weighted by atomic mass is 9.88. The second kappa shape index (κ2) is 8.94. The van der Waals surface area contributed by atoms with Gasteiger partial charge >= 0.3 is 0 Å². The molecule has 0 aliphatic heterocycles. The van der Waals surface area contributed by atoms with E-state index in [1.807, 2.05) is 12.1 Å². The van der Waals surface area contributed by atoms with Gasteiger partial charge in [-0.2, -0.15) is 0 Å². The molecule has 2 aromatic carbocycles. The molecule has 0 fully saturated rings. The van der Waals surface area contributed by atoms with Crippen LogP contribution in [0.2, 0.25) is 0 Å². The lowest BCUT2D eigenvalue weighted by Crippen LogP contribution is -2.04. The lowest BCUT2D eigenvalue weighted by Gasteiger charge is -2.19. The average molecular weight is 341 g/mol. The Morgan fingerprint density at radius 1 is 0.640 bits per heavy atom. The van der Waals surface area contributed by atoms with Gasteiger partial charge in [-0.3, -0.25) is 0 Å². The van der Waals surface area contributed by atoms with E-state index in [0.717, 1.165) is 49.7 Å². The maximum atomic E-state index is 10.5. The van der Waals surface area contributed by atoms with Gasteiger partial charge in [0.25, 0.3) is 0 Å². The topological polar surface area (TPSA) is 40.5 Å². The molecule has 0 aliphatic rings. The molecule has 2 N–H and O–H groups in total. The zero-order valence-corrected chi connectivity index (χ0v) is 16.2. The monoisotopic (exact) mass is 340 g/mol. The van der Waals surface area contributed by atoms with Gasteiger partial charge in [-0.25, -0.2) is 0 Å². The molecule has 0 unspecified atom stereocenters. The number of unbranched alkanes of at least 4 members (excludes halogenated alkanes) is 2. The molecule has 0 amide bonds. The minimum Gasteiger partial charge on any atom is -0.508 e. The average Bonchev–Trinajstić information content (AvgIpc) is 2.60. The zero-order chi connectivity index (χ0) is 18.4. The molecule has 25 heavy (non-hydrogen) atoms. The van der Waals surface area contributed by atoms with E-state index in [9.17, 15) is 10.2 Å². The van der Waals surface area contributed by atoms with Crippen LogP contribution in [0.3, 0.4) is 0 Å². The highest BCUT2D eigenvalue weighted by molar-refractivity contribution is 5.52. The summed E-state index contributed by atoms with van der Waals surface area (Å²) in [7, 11) is 0. The summed E-state index contributed by atoms with van der Waals surface area (Å²) in [6, 6.07) is 7.58. The quantitative estimate of drug-likeness (QED) is 0.619. The van der Waals surface area contributed by atoms with Crippen LogP contribution in [0.1, 0.15) is 72.9 Å². The van der Waals surface area contributed by atoms with Crippen molar-refractivity contribution in [1.29, 1.82) is 0 Å². The molecule has 0 heterocycles. The predicted octanol–water partition coefficient (Wildman–Crippen LogP) is 5.99. The third kappa shape index (κ3) is 4.56. The van der Waals surface area contributed by atoms with Crippen molar-refractivity contribution in [1.82, 2.24) is 0 Å². The molecule has 2 rings (SSSR count). The molecular weight excluding hydrogens is 308 g/mol. The number of aryl methyl sites for hydroxylation is 2. The summed E-state index contributed by atoms with van der Waals surface area (Å²) in [6.07, 6.45) is 7.03. The second-order valence-corrected chi connectivity index (χ2v) is 7.10. The first-order chi connectivity index (χ1) is 12.0. The number of benzene rings is 2. The summed E-state index contributed by atoms with van der Waals surface area (Å²) < 4.78 is 0. The lowest BCUT2D eigenvalue weighted by molar-refractivity contribution is 0.460. The molecule has 136 valence electrons. The molecule has 0 atom stereocenters. The molecule has 0 bridgehead atoms. The molecule has 2 heteroatoms. The van der Waals surface area contributed by atoms with Crippen LogP contribution in [0.15, 0.2) is 24.3 Å². The highest BCUT2D eigenvalue weighted by Crippen LogP contribution is 2.34. The Bertz CT molecular complexity index is 655. The van der Waals surface area contributed by atoms with E-state index in [-0.39, 0.29) is 0 Å². The van der Waals surface area contributed by atoms with Crippen molar-refractivity contribution in [2.24, 2.45) is 0 Å². The van der Waals surface area contributed by atoms with Crippen molar-refractivity contribution in [2.45, 2.75) is 72.6 Å². The van der Waals surface area contributed by atoms with Crippen molar-refractivity contribution in [3.8, 4) is 11.5 Å². The Balaban J connectivity index is 2.49. The van der Waals surface area contributed by atoms with Gasteiger partial charge in [-0.1, -0.05) is 38.8 Å². The molecule has 0 saturated heterocycles. The van der Waals surface area contributed by atoms with Crippen molar-refractivity contribution in [3.05, 3.63) is 57.6 Å². The molecule has 0 spiro atoms. The van der Waals surface area contributed by atoms with E-state index >= 15 is 0 Å². The van der Waals surface area contributed by atoms with E-state index < -0.39 is 0 Å². The zero-order valence-electron chi connectivity index (χ0n) is 16.2. The third-order valence-corrected chi connectivity index (χ3v) is 5.20. The second-order valence-electron chi connectivity index (χ2n) is 7.10. The van der Waals surface area contributed by atoms with E-state index in [4.69, 9.17) is 0 Å². The molecule has 2 nitrogen and oxygen atoms in total. The Morgan fingerprint density at radius 2 is 1.04 bits per heavy atom. The first-order valence-electron chi connectivity index (χ1n) is 9.60. The van der Waals surface area contributed by atoms with Crippen molar-refractivity contribution in [2.75, 3.05) is 0 Å². The Kier molecular flexibility index (Phi) is 6.92. The van der Waals surface area contributed by atoms with Gasteiger partial charge in [0, 0.05) is 17.5 Å². The van der Waals surface area contributed by atoms with Crippen LogP contribution in [-0.4, -0.2) is 10.2 Å². The van der Waals surface area contributed by atoms with Crippen LogP contribution in [0.4, 0.5) is 0 Å². The molecule has 0 aromatic heterocycles. The van der Waals surface area contributed by atoms with E-state index in [1.165, 1.54) is 22.3 Å². The normalized spacial score (nSPS) is 11.0. The summed E-state index contributed by atoms with van der Waals surface area (Å²) in [5, 5.41) is 21.0. The molecule has 2 aromatic rings. The van der Waals surface area contributed by atoms with Crippen molar-refractivity contribution >= 4 is 0 Å². The summed E-state index contributed by atoms with van der Waals surface area (Å²) >= 11 is 0. The molecule has 0 radical (unpaired) electrons. The number of phenolic OH excluding ortho intramolecular Hbond substituents is 2. The number of aromatic hydroxyl groups is 2.